The second-order valence-electron chi connectivity index (χ2n) is 8.87. The van der Waals surface area contributed by atoms with Gasteiger partial charge in [0, 0.05) is 5.39 Å². The summed E-state index contributed by atoms with van der Waals surface area (Å²) in [5.41, 5.74) is 1.97. The predicted octanol–water partition coefficient (Wildman–Crippen LogP) is 4.06. The minimum Gasteiger partial charge on any atom is -0.504 e. The molecule has 0 saturated carbocycles. The van der Waals surface area contributed by atoms with Crippen molar-refractivity contribution in [3.63, 3.8) is 0 Å². The molecule has 1 atom stereocenters. The highest BCUT2D eigenvalue weighted by atomic mass is 32.1. The number of ether oxygens (including phenoxy) is 3. The maximum absolute atomic E-state index is 14.0. The summed E-state index contributed by atoms with van der Waals surface area (Å²) in [4.78, 5) is 32.4. The van der Waals surface area contributed by atoms with Crippen LogP contribution in [0.25, 0.3) is 16.8 Å². The summed E-state index contributed by atoms with van der Waals surface area (Å²) in [6.45, 7) is 5.92. The van der Waals surface area contributed by atoms with Gasteiger partial charge in [0.15, 0.2) is 16.3 Å². The molecule has 39 heavy (non-hydrogen) atoms. The second kappa shape index (κ2) is 10.8. The van der Waals surface area contributed by atoms with Gasteiger partial charge in [-0.2, -0.15) is 0 Å². The van der Waals surface area contributed by atoms with Crippen LogP contribution in [0.15, 0.2) is 75.7 Å². The number of aromatic hydroxyl groups is 1. The minimum atomic E-state index is -0.753. The van der Waals surface area contributed by atoms with E-state index in [9.17, 15) is 14.7 Å². The summed E-state index contributed by atoms with van der Waals surface area (Å²) >= 11 is 1.24. The summed E-state index contributed by atoms with van der Waals surface area (Å²) < 4.78 is 18.5. The van der Waals surface area contributed by atoms with Crippen molar-refractivity contribution < 1.29 is 24.1 Å². The van der Waals surface area contributed by atoms with Crippen molar-refractivity contribution >= 4 is 34.2 Å². The maximum Gasteiger partial charge on any atom is 0.338 e. The first-order valence-corrected chi connectivity index (χ1v) is 13.4. The number of hydrogen-bond acceptors (Lipinski definition) is 8. The number of methoxy groups -OCH3 is 1. The number of fused-ring (bicyclic) bond motifs is 2. The Bertz CT molecular complexity index is 1800. The summed E-state index contributed by atoms with van der Waals surface area (Å²) in [7, 11) is 1.61. The van der Waals surface area contributed by atoms with Crippen LogP contribution in [0.4, 0.5) is 0 Å². The van der Waals surface area contributed by atoms with Crippen molar-refractivity contribution in [2.24, 2.45) is 4.99 Å². The third kappa shape index (κ3) is 4.70. The van der Waals surface area contributed by atoms with E-state index in [1.54, 1.807) is 43.7 Å². The lowest BCUT2D eigenvalue weighted by atomic mass is 9.91. The number of carbonyl (C=O) groups excluding carboxylic acids is 1. The van der Waals surface area contributed by atoms with Crippen LogP contribution in [0, 0.1) is 0 Å². The van der Waals surface area contributed by atoms with Crippen molar-refractivity contribution in [3.8, 4) is 17.2 Å². The molecule has 8 nitrogen and oxygen atoms in total. The largest absolute Gasteiger partial charge is 0.504 e. The molecule has 9 heteroatoms. The molecule has 0 bridgehead atoms. The van der Waals surface area contributed by atoms with Gasteiger partial charge in [0.2, 0.25) is 0 Å². The highest BCUT2D eigenvalue weighted by molar-refractivity contribution is 7.07. The summed E-state index contributed by atoms with van der Waals surface area (Å²) in [5.74, 6) is 0.536. The summed E-state index contributed by atoms with van der Waals surface area (Å²) in [6.07, 6.45) is 1.73. The van der Waals surface area contributed by atoms with E-state index < -0.39 is 12.0 Å². The quantitative estimate of drug-likeness (QED) is 0.352. The molecule has 0 spiro atoms. The van der Waals surface area contributed by atoms with Gasteiger partial charge in [0.05, 0.1) is 42.2 Å². The van der Waals surface area contributed by atoms with Gasteiger partial charge in [-0.15, -0.1) is 0 Å². The van der Waals surface area contributed by atoms with Crippen LogP contribution in [0.2, 0.25) is 0 Å². The fraction of sp³-hybridized carbons (Fsp3) is 0.233. The van der Waals surface area contributed by atoms with Crippen LogP contribution in [-0.2, 0) is 9.53 Å². The van der Waals surface area contributed by atoms with E-state index in [2.05, 4.69) is 4.99 Å². The lowest BCUT2D eigenvalue weighted by Crippen LogP contribution is -2.40. The van der Waals surface area contributed by atoms with Gasteiger partial charge in [-0.25, -0.2) is 9.79 Å². The highest BCUT2D eigenvalue weighted by Gasteiger charge is 2.34. The van der Waals surface area contributed by atoms with Crippen LogP contribution in [0.3, 0.4) is 0 Å². The first-order valence-electron chi connectivity index (χ1n) is 12.6. The summed E-state index contributed by atoms with van der Waals surface area (Å²) in [6, 6.07) is 15.6. The van der Waals surface area contributed by atoms with Gasteiger partial charge in [0.25, 0.3) is 5.56 Å². The molecule has 0 saturated heterocycles. The molecule has 1 aliphatic heterocycles. The third-order valence-corrected chi connectivity index (χ3v) is 7.51. The third-order valence-electron chi connectivity index (χ3n) is 6.53. The van der Waals surface area contributed by atoms with Gasteiger partial charge in [-0.05, 0) is 61.6 Å². The topological polar surface area (TPSA) is 99.4 Å². The molecule has 0 unspecified atom stereocenters. The Labute approximate surface area is 228 Å². The number of nitrogens with zero attached hydrogens (tertiary/aromatic N) is 2. The van der Waals surface area contributed by atoms with Crippen molar-refractivity contribution in [1.82, 2.24) is 4.57 Å². The molecular formula is C30H28N2O6S. The Morgan fingerprint density at radius 2 is 1.85 bits per heavy atom. The zero-order valence-corrected chi connectivity index (χ0v) is 22.9. The van der Waals surface area contributed by atoms with Gasteiger partial charge in [-0.1, -0.05) is 47.7 Å². The lowest BCUT2D eigenvalue weighted by Gasteiger charge is -2.26. The molecule has 1 N–H and O–H groups in total. The normalized spacial score (nSPS) is 15.2. The fourth-order valence-corrected chi connectivity index (χ4v) is 5.89. The number of aromatic nitrogens is 1. The van der Waals surface area contributed by atoms with E-state index in [4.69, 9.17) is 14.2 Å². The zero-order valence-electron chi connectivity index (χ0n) is 22.1. The van der Waals surface area contributed by atoms with Crippen LogP contribution in [0.5, 0.6) is 17.2 Å². The Morgan fingerprint density at radius 1 is 1.08 bits per heavy atom. The van der Waals surface area contributed by atoms with Crippen LogP contribution in [0.1, 0.15) is 37.9 Å². The number of allylic oxidation sites excluding steroid dienone is 1. The van der Waals surface area contributed by atoms with E-state index in [-0.39, 0.29) is 17.9 Å². The number of phenols is 1. The van der Waals surface area contributed by atoms with Crippen LogP contribution >= 0.6 is 11.3 Å². The van der Waals surface area contributed by atoms with Gasteiger partial charge in [0.1, 0.15) is 5.75 Å². The number of esters is 1. The number of thiazole rings is 1. The number of hydrogen-bond donors (Lipinski definition) is 1. The SMILES string of the molecule is CCOC(=O)C1=C(C)N=c2sc(=Cc3ccc(O)c(OCC)c3)c(=O)n2[C@@H]1c1ccc(OC)c2ccccc12. The number of rotatable bonds is 7. The van der Waals surface area contributed by atoms with E-state index in [1.807, 2.05) is 43.3 Å². The van der Waals surface area contributed by atoms with Gasteiger partial charge < -0.3 is 19.3 Å². The molecule has 0 aliphatic carbocycles. The molecule has 1 aliphatic rings. The number of benzene rings is 3. The monoisotopic (exact) mass is 544 g/mol. The van der Waals surface area contributed by atoms with Crippen LogP contribution < -0.4 is 24.4 Å². The smallest absolute Gasteiger partial charge is 0.338 e. The molecule has 3 aromatic carbocycles. The Balaban J connectivity index is 1.77. The lowest BCUT2D eigenvalue weighted by molar-refractivity contribution is -0.139. The van der Waals surface area contributed by atoms with E-state index in [0.717, 1.165) is 16.3 Å². The standard InChI is InChI=1S/C30H28N2O6S/c1-5-37-24-15-18(11-13-22(24)33)16-25-28(34)32-27(26(29(35)38-6-2)17(3)31-30(32)39-25)21-12-14-23(36-4)20-10-8-7-9-19(20)21/h7-16,27,33H,5-6H2,1-4H3/t27-/m1/s1. The maximum atomic E-state index is 14.0. The molecular weight excluding hydrogens is 516 g/mol. The second-order valence-corrected chi connectivity index (χ2v) is 9.87. The summed E-state index contributed by atoms with van der Waals surface area (Å²) in [5, 5.41) is 11.8. The molecule has 4 aromatic rings. The number of phenolic OH excluding ortho intramolecular Hbond substituents is 1. The highest BCUT2D eigenvalue weighted by Crippen LogP contribution is 2.38. The van der Waals surface area contributed by atoms with Gasteiger partial charge in [-0.3, -0.25) is 9.36 Å². The first-order chi connectivity index (χ1) is 18.9. The van der Waals surface area contributed by atoms with E-state index in [1.165, 1.54) is 17.4 Å². The molecule has 0 amide bonds. The van der Waals surface area contributed by atoms with Gasteiger partial charge >= 0.3 is 5.97 Å². The minimum absolute atomic E-state index is 0.0246. The van der Waals surface area contributed by atoms with Crippen molar-refractivity contribution in [2.45, 2.75) is 26.8 Å². The average molecular weight is 545 g/mol. The Morgan fingerprint density at radius 3 is 2.56 bits per heavy atom. The average Bonchev–Trinajstić information content (AvgIpc) is 3.23. The zero-order chi connectivity index (χ0) is 27.7. The van der Waals surface area contributed by atoms with Crippen molar-refractivity contribution in [3.05, 3.63) is 96.7 Å². The fourth-order valence-electron chi connectivity index (χ4n) is 4.84. The van der Waals surface area contributed by atoms with E-state index >= 15 is 0 Å². The molecule has 5 rings (SSSR count). The van der Waals surface area contributed by atoms with E-state index in [0.29, 0.717) is 44.3 Å². The molecule has 0 radical (unpaired) electrons. The van der Waals surface area contributed by atoms with Crippen LogP contribution in [-0.4, -0.2) is 36.0 Å². The Kier molecular flexibility index (Phi) is 7.26. The van der Waals surface area contributed by atoms with Crippen molar-refractivity contribution in [1.29, 1.82) is 0 Å². The first kappa shape index (κ1) is 26.2. The molecule has 0 fully saturated rings. The molecule has 1 aromatic heterocycles. The predicted molar refractivity (Wildman–Crippen MR) is 150 cm³/mol. The number of carbonyl (C=O) groups is 1. The van der Waals surface area contributed by atoms with Crippen molar-refractivity contribution in [2.75, 3.05) is 20.3 Å². The molecule has 2 heterocycles. The Hall–Kier alpha value is -4.37. The molecule has 200 valence electrons.